The quantitative estimate of drug-likeness (QED) is 0.885. The number of thioether (sulfide) groups is 1. The Hall–Kier alpha value is -0.590. The van der Waals surface area contributed by atoms with Crippen LogP contribution < -0.4 is 5.32 Å². The summed E-state index contributed by atoms with van der Waals surface area (Å²) in [6, 6.07) is 0.550. The number of hydrogen-bond donors (Lipinski definition) is 1. The van der Waals surface area contributed by atoms with E-state index in [0.29, 0.717) is 6.04 Å². The Labute approximate surface area is 112 Å². The molecule has 0 aliphatic carbocycles. The summed E-state index contributed by atoms with van der Waals surface area (Å²) in [5.41, 5.74) is 0.153. The molecule has 3 rings (SSSR count). The van der Waals surface area contributed by atoms with Gasteiger partial charge in [0.2, 0.25) is 0 Å². The summed E-state index contributed by atoms with van der Waals surface area (Å²) < 4.78 is 7.99. The van der Waals surface area contributed by atoms with Crippen LogP contribution in [-0.4, -0.2) is 44.5 Å². The molecule has 0 saturated carbocycles. The molecule has 2 aliphatic rings. The number of rotatable bonds is 3. The monoisotopic (exact) mass is 268 g/mol. The van der Waals surface area contributed by atoms with E-state index in [9.17, 15) is 0 Å². The Bertz CT molecular complexity index is 403. The van der Waals surface area contributed by atoms with Crippen LogP contribution in [-0.2, 0) is 18.3 Å². The molecule has 1 N–H and O–H groups in total. The smallest absolute Gasteiger partial charge is 0.146 e. The molecule has 18 heavy (non-hydrogen) atoms. The highest BCUT2D eigenvalue weighted by atomic mass is 32.2. The van der Waals surface area contributed by atoms with Crippen LogP contribution in [0.15, 0.2) is 6.33 Å². The number of hydrogen-bond acceptors (Lipinski definition) is 5. The maximum atomic E-state index is 6.02. The molecular formula is C12H20N4OS. The highest BCUT2D eigenvalue weighted by molar-refractivity contribution is 7.99. The third-order valence-corrected chi connectivity index (χ3v) is 5.14. The Morgan fingerprint density at radius 1 is 1.67 bits per heavy atom. The highest BCUT2D eigenvalue weighted by Gasteiger charge is 2.40. The molecule has 100 valence electrons. The number of nitrogens with zero attached hydrogens (tertiary/aromatic N) is 3. The van der Waals surface area contributed by atoms with Gasteiger partial charge in [0.05, 0.1) is 12.1 Å². The summed E-state index contributed by atoms with van der Waals surface area (Å²) in [5.74, 6) is 3.40. The number of aromatic nitrogens is 3. The first kappa shape index (κ1) is 12.4. The van der Waals surface area contributed by atoms with Crippen molar-refractivity contribution in [2.75, 3.05) is 18.1 Å². The van der Waals surface area contributed by atoms with E-state index >= 15 is 0 Å². The van der Waals surface area contributed by atoms with Crippen molar-refractivity contribution < 1.29 is 4.74 Å². The molecule has 0 radical (unpaired) electrons. The topological polar surface area (TPSA) is 52.0 Å². The van der Waals surface area contributed by atoms with Crippen molar-refractivity contribution in [1.82, 2.24) is 20.1 Å². The zero-order chi connectivity index (χ0) is 12.4. The molecule has 0 bridgehead atoms. The summed E-state index contributed by atoms with van der Waals surface area (Å²) in [6.07, 6.45) is 5.19. The van der Waals surface area contributed by atoms with Crippen LogP contribution in [0.5, 0.6) is 0 Å². The maximum Gasteiger partial charge on any atom is 0.146 e. The maximum absolute atomic E-state index is 6.02. The van der Waals surface area contributed by atoms with Crippen molar-refractivity contribution >= 4 is 11.8 Å². The van der Waals surface area contributed by atoms with E-state index in [-0.39, 0.29) is 5.60 Å². The molecule has 2 unspecified atom stereocenters. The van der Waals surface area contributed by atoms with Gasteiger partial charge in [-0.05, 0) is 25.0 Å². The molecule has 0 aromatic carbocycles. The van der Waals surface area contributed by atoms with Crippen molar-refractivity contribution in [2.45, 2.75) is 37.5 Å². The molecule has 2 fully saturated rings. The molecular weight excluding hydrogens is 248 g/mol. The van der Waals surface area contributed by atoms with E-state index in [1.165, 1.54) is 12.2 Å². The van der Waals surface area contributed by atoms with E-state index in [1.54, 1.807) is 6.33 Å². The van der Waals surface area contributed by atoms with Crippen molar-refractivity contribution in [1.29, 1.82) is 0 Å². The van der Waals surface area contributed by atoms with Gasteiger partial charge in [0, 0.05) is 25.4 Å². The van der Waals surface area contributed by atoms with Gasteiger partial charge in [-0.15, -0.1) is 10.2 Å². The van der Waals surface area contributed by atoms with Crippen molar-refractivity contribution in [3.05, 3.63) is 12.2 Å². The summed E-state index contributed by atoms with van der Waals surface area (Å²) in [5, 5.41) is 11.6. The molecule has 2 saturated heterocycles. The minimum absolute atomic E-state index is 0.153. The van der Waals surface area contributed by atoms with E-state index in [2.05, 4.69) is 15.5 Å². The average molecular weight is 268 g/mol. The van der Waals surface area contributed by atoms with E-state index in [0.717, 1.165) is 37.6 Å². The third-order valence-electron chi connectivity index (χ3n) is 3.91. The van der Waals surface area contributed by atoms with Crippen LogP contribution in [0.2, 0.25) is 0 Å². The second-order valence-corrected chi connectivity index (χ2v) is 6.37. The first-order valence-electron chi connectivity index (χ1n) is 6.55. The normalized spacial score (nSPS) is 32.2. The first-order valence-corrected chi connectivity index (χ1v) is 7.71. The SMILES string of the molecule is Cn1cnnc1CNC1CCOC2(CCSC2)C1. The van der Waals surface area contributed by atoms with Crippen molar-refractivity contribution in [3.8, 4) is 0 Å². The van der Waals surface area contributed by atoms with Gasteiger partial charge in [-0.1, -0.05) is 0 Å². The Morgan fingerprint density at radius 2 is 2.61 bits per heavy atom. The van der Waals surface area contributed by atoms with Gasteiger partial charge in [-0.2, -0.15) is 11.8 Å². The average Bonchev–Trinajstić information content (AvgIpc) is 2.97. The molecule has 5 nitrogen and oxygen atoms in total. The van der Waals surface area contributed by atoms with E-state index in [1.807, 2.05) is 23.4 Å². The summed E-state index contributed by atoms with van der Waals surface area (Å²) in [6.45, 7) is 1.68. The first-order chi connectivity index (χ1) is 8.77. The summed E-state index contributed by atoms with van der Waals surface area (Å²) in [7, 11) is 1.98. The van der Waals surface area contributed by atoms with Gasteiger partial charge in [0.15, 0.2) is 0 Å². The highest BCUT2D eigenvalue weighted by Crippen LogP contribution is 2.38. The lowest BCUT2D eigenvalue weighted by atomic mass is 9.90. The Balaban J connectivity index is 1.55. The molecule has 1 aromatic rings. The van der Waals surface area contributed by atoms with Gasteiger partial charge in [-0.25, -0.2) is 0 Å². The molecule has 2 aliphatic heterocycles. The third kappa shape index (κ3) is 2.55. The van der Waals surface area contributed by atoms with Crippen LogP contribution in [0.3, 0.4) is 0 Å². The minimum Gasteiger partial charge on any atom is -0.374 e. The zero-order valence-electron chi connectivity index (χ0n) is 10.8. The van der Waals surface area contributed by atoms with E-state index < -0.39 is 0 Å². The lowest BCUT2D eigenvalue weighted by Gasteiger charge is -2.38. The van der Waals surface area contributed by atoms with Crippen molar-refractivity contribution in [2.24, 2.45) is 7.05 Å². The second-order valence-electron chi connectivity index (χ2n) is 5.26. The van der Waals surface area contributed by atoms with E-state index in [4.69, 9.17) is 4.74 Å². The number of aryl methyl sites for hydroxylation is 1. The molecule has 0 amide bonds. The predicted molar refractivity (Wildman–Crippen MR) is 71.5 cm³/mol. The molecule has 1 aromatic heterocycles. The van der Waals surface area contributed by atoms with Gasteiger partial charge < -0.3 is 14.6 Å². The van der Waals surface area contributed by atoms with Gasteiger partial charge in [0.1, 0.15) is 12.2 Å². The minimum atomic E-state index is 0.153. The number of nitrogens with one attached hydrogen (secondary N) is 1. The fourth-order valence-corrected chi connectivity index (χ4v) is 4.15. The predicted octanol–water partition coefficient (Wildman–Crippen LogP) is 0.959. The summed E-state index contributed by atoms with van der Waals surface area (Å²) in [4.78, 5) is 0. The fourth-order valence-electron chi connectivity index (χ4n) is 2.77. The molecule has 6 heteroatoms. The summed E-state index contributed by atoms with van der Waals surface area (Å²) >= 11 is 2.02. The van der Waals surface area contributed by atoms with Gasteiger partial charge >= 0.3 is 0 Å². The molecule has 2 atom stereocenters. The van der Waals surface area contributed by atoms with Crippen LogP contribution >= 0.6 is 11.8 Å². The Morgan fingerprint density at radius 3 is 3.33 bits per heavy atom. The Kier molecular flexibility index (Phi) is 3.59. The molecule has 3 heterocycles. The molecule has 1 spiro atoms. The van der Waals surface area contributed by atoms with Gasteiger partial charge in [0.25, 0.3) is 0 Å². The van der Waals surface area contributed by atoms with Crippen molar-refractivity contribution in [3.63, 3.8) is 0 Å². The van der Waals surface area contributed by atoms with Crippen LogP contribution in [0.25, 0.3) is 0 Å². The largest absolute Gasteiger partial charge is 0.374 e. The lowest BCUT2D eigenvalue weighted by Crippen LogP contribution is -2.47. The lowest BCUT2D eigenvalue weighted by molar-refractivity contribution is -0.0703. The van der Waals surface area contributed by atoms with Crippen LogP contribution in [0, 0.1) is 0 Å². The zero-order valence-corrected chi connectivity index (χ0v) is 11.6. The fraction of sp³-hybridized carbons (Fsp3) is 0.833. The van der Waals surface area contributed by atoms with Gasteiger partial charge in [-0.3, -0.25) is 0 Å². The van der Waals surface area contributed by atoms with Crippen LogP contribution in [0.1, 0.15) is 25.1 Å². The second kappa shape index (κ2) is 5.19. The number of ether oxygens (including phenoxy) is 1. The van der Waals surface area contributed by atoms with Crippen LogP contribution in [0.4, 0.5) is 0 Å². The standard InChI is InChI=1S/C12H20N4OS/c1-16-9-14-15-11(16)7-13-10-2-4-17-12(6-10)3-5-18-8-12/h9-10,13H,2-8H2,1H3.